The number of aliphatic hydroxyl groups is 1. The molecule has 3 atom stereocenters. The third kappa shape index (κ3) is 44.2. The minimum atomic E-state index is -4.80. The highest BCUT2D eigenvalue weighted by atomic mass is 31.2. The fourth-order valence-electron chi connectivity index (χ4n) is 5.38. The first-order valence-electron chi connectivity index (χ1n) is 23.2. The number of aliphatic carboxylic acids is 1. The van der Waals surface area contributed by atoms with Gasteiger partial charge >= 0.3 is 19.8 Å². The molecular weight excluding hydrogens is 830 g/mol. The Kier molecular flexibility index (Phi) is 42.1. The van der Waals surface area contributed by atoms with E-state index in [1.807, 2.05) is 18.2 Å². The molecule has 4 N–H and O–H groups in total. The summed E-state index contributed by atoms with van der Waals surface area (Å²) in [7, 11) is -4.80. The van der Waals surface area contributed by atoms with Crippen molar-refractivity contribution in [1.82, 2.24) is 5.32 Å². The summed E-state index contributed by atoms with van der Waals surface area (Å²) in [6, 6.07) is -1.58. The van der Waals surface area contributed by atoms with Crippen molar-refractivity contribution in [3.8, 4) is 0 Å². The van der Waals surface area contributed by atoms with Gasteiger partial charge in [-0.3, -0.25) is 18.6 Å². The summed E-state index contributed by atoms with van der Waals surface area (Å²) in [5, 5.41) is 21.8. The number of carbonyl (C=O) groups excluding carboxylic acids is 2. The van der Waals surface area contributed by atoms with Gasteiger partial charge in [0.15, 0.2) is 6.04 Å². The minimum absolute atomic E-state index is 0.0216. The van der Waals surface area contributed by atoms with E-state index in [9.17, 15) is 34.1 Å². The number of esters is 1. The monoisotopic (exact) mass is 910 g/mol. The molecule has 0 saturated carbocycles. The Bertz CT molecular complexity index is 1580. The second-order valence-electron chi connectivity index (χ2n) is 14.9. The van der Waals surface area contributed by atoms with Crippen LogP contribution in [0.15, 0.2) is 134 Å². The van der Waals surface area contributed by atoms with E-state index in [0.29, 0.717) is 12.8 Å². The minimum Gasteiger partial charge on any atom is -0.480 e. The van der Waals surface area contributed by atoms with E-state index in [1.54, 1.807) is 6.08 Å². The first-order chi connectivity index (χ1) is 31.1. The Morgan fingerprint density at radius 3 is 1.38 bits per heavy atom. The molecule has 12 heteroatoms. The number of amides is 1. The zero-order valence-corrected chi connectivity index (χ0v) is 39.7. The molecule has 0 aromatic carbocycles. The van der Waals surface area contributed by atoms with E-state index >= 15 is 0 Å². The summed E-state index contributed by atoms with van der Waals surface area (Å²) in [5.41, 5.74) is 0. The van der Waals surface area contributed by atoms with Gasteiger partial charge in [-0.1, -0.05) is 167 Å². The van der Waals surface area contributed by atoms with Crippen LogP contribution in [0.1, 0.15) is 142 Å². The van der Waals surface area contributed by atoms with Crippen LogP contribution in [-0.4, -0.2) is 64.9 Å². The summed E-state index contributed by atoms with van der Waals surface area (Å²) in [4.78, 5) is 45.9. The first-order valence-corrected chi connectivity index (χ1v) is 24.7. The van der Waals surface area contributed by atoms with Gasteiger partial charge in [0.05, 0.1) is 19.6 Å². The summed E-state index contributed by atoms with van der Waals surface area (Å²) < 4.78 is 26.8. The predicted molar refractivity (Wildman–Crippen MR) is 262 cm³/mol. The number of allylic oxidation sites excluding steroid dienone is 21. The van der Waals surface area contributed by atoms with Crippen molar-refractivity contribution in [3.05, 3.63) is 134 Å². The van der Waals surface area contributed by atoms with Crippen LogP contribution in [0.5, 0.6) is 0 Å². The lowest BCUT2D eigenvalue weighted by molar-refractivity contribution is -0.146. The van der Waals surface area contributed by atoms with Gasteiger partial charge in [-0.2, -0.15) is 0 Å². The van der Waals surface area contributed by atoms with Crippen LogP contribution in [0.3, 0.4) is 0 Å². The molecule has 0 rings (SSSR count). The van der Waals surface area contributed by atoms with E-state index < -0.39 is 57.6 Å². The number of hydrogen-bond acceptors (Lipinski definition) is 8. The van der Waals surface area contributed by atoms with Crippen LogP contribution in [-0.2, 0) is 32.7 Å². The summed E-state index contributed by atoms with van der Waals surface area (Å²) >= 11 is 0. The van der Waals surface area contributed by atoms with E-state index in [2.05, 4.69) is 129 Å². The second kappa shape index (κ2) is 45.2. The Balaban J connectivity index is 4.08. The number of carbonyl (C=O) groups is 3. The zero-order valence-electron chi connectivity index (χ0n) is 38.8. The number of rotatable bonds is 41. The van der Waals surface area contributed by atoms with Gasteiger partial charge in [-0.05, 0) is 96.3 Å². The lowest BCUT2D eigenvalue weighted by Crippen LogP contribution is -2.43. The average Bonchev–Trinajstić information content (AvgIpc) is 3.27. The van der Waals surface area contributed by atoms with Gasteiger partial charge < -0.3 is 25.2 Å². The SMILES string of the molecule is CC/C=C\C/C=C\C/C=C\C/C=C\C/C=C\C/C=C\C/C=C\CC(=O)OCC(O)COP(=O)(O)OCC(NC(=O)CCCCC/C=C\C/C=C\C/C=C\C/C=C\CCCCC)C(=O)O. The van der Waals surface area contributed by atoms with Crippen LogP contribution in [0, 0.1) is 0 Å². The quantitative estimate of drug-likeness (QED) is 0.0200. The van der Waals surface area contributed by atoms with Crippen molar-refractivity contribution in [3.63, 3.8) is 0 Å². The van der Waals surface area contributed by atoms with Crippen molar-refractivity contribution in [2.45, 2.75) is 154 Å². The van der Waals surface area contributed by atoms with Gasteiger partial charge in [-0.15, -0.1) is 0 Å². The lowest BCUT2D eigenvalue weighted by atomic mass is 10.1. The summed E-state index contributed by atoms with van der Waals surface area (Å²) in [6.07, 6.45) is 62.1. The number of ether oxygens (including phenoxy) is 1. The highest BCUT2D eigenvalue weighted by Gasteiger charge is 2.28. The lowest BCUT2D eigenvalue weighted by Gasteiger charge is -2.18. The maximum atomic E-state index is 12.3. The van der Waals surface area contributed by atoms with Gasteiger partial charge in [-0.25, -0.2) is 9.36 Å². The third-order valence-electron chi connectivity index (χ3n) is 8.96. The van der Waals surface area contributed by atoms with Crippen molar-refractivity contribution in [2.75, 3.05) is 19.8 Å². The Morgan fingerprint density at radius 2 is 0.938 bits per heavy atom. The molecule has 0 heterocycles. The molecule has 3 unspecified atom stereocenters. The summed E-state index contributed by atoms with van der Waals surface area (Å²) in [5.74, 6) is -2.58. The molecule has 0 aliphatic carbocycles. The number of unbranched alkanes of at least 4 members (excludes halogenated alkanes) is 6. The molecule has 0 spiro atoms. The number of phosphoric acid groups is 1. The molecule has 0 aliphatic heterocycles. The first kappa shape index (κ1) is 59.6. The fraction of sp³-hybridized carbons (Fsp3) is 0.519. The topological polar surface area (TPSA) is 169 Å². The Labute approximate surface area is 385 Å². The molecule has 0 aromatic rings. The molecule has 358 valence electrons. The number of carboxylic acid groups (broad SMARTS) is 1. The van der Waals surface area contributed by atoms with Crippen LogP contribution >= 0.6 is 7.82 Å². The van der Waals surface area contributed by atoms with E-state index in [4.69, 9.17) is 13.8 Å². The van der Waals surface area contributed by atoms with E-state index in [0.717, 1.165) is 83.5 Å². The van der Waals surface area contributed by atoms with Crippen molar-refractivity contribution >= 4 is 25.7 Å². The average molecular weight is 910 g/mol. The summed E-state index contributed by atoms with van der Waals surface area (Å²) in [6.45, 7) is 2.30. The molecule has 0 radical (unpaired) electrons. The molecule has 1 amide bonds. The molecule has 11 nitrogen and oxygen atoms in total. The van der Waals surface area contributed by atoms with Crippen molar-refractivity contribution in [1.29, 1.82) is 0 Å². The molecule has 0 aromatic heterocycles. The van der Waals surface area contributed by atoms with Crippen LogP contribution < -0.4 is 5.32 Å². The maximum absolute atomic E-state index is 12.3. The predicted octanol–water partition coefficient (Wildman–Crippen LogP) is 12.6. The van der Waals surface area contributed by atoms with E-state index in [1.165, 1.54) is 19.3 Å². The third-order valence-corrected chi connectivity index (χ3v) is 9.91. The molecule has 0 bridgehead atoms. The van der Waals surface area contributed by atoms with Crippen molar-refractivity contribution < 1.29 is 47.8 Å². The highest BCUT2D eigenvalue weighted by molar-refractivity contribution is 7.47. The van der Waals surface area contributed by atoms with Crippen LogP contribution in [0.4, 0.5) is 0 Å². The molecule has 0 saturated heterocycles. The van der Waals surface area contributed by atoms with Gasteiger partial charge in [0.1, 0.15) is 12.7 Å². The Hall–Kier alpha value is -4.38. The van der Waals surface area contributed by atoms with Crippen molar-refractivity contribution in [2.24, 2.45) is 0 Å². The van der Waals surface area contributed by atoms with Gasteiger partial charge in [0.2, 0.25) is 5.91 Å². The zero-order chi connectivity index (χ0) is 47.0. The highest BCUT2D eigenvalue weighted by Crippen LogP contribution is 2.43. The van der Waals surface area contributed by atoms with Gasteiger partial charge in [0.25, 0.3) is 0 Å². The number of aliphatic hydroxyl groups excluding tert-OH is 1. The number of nitrogens with one attached hydrogen (secondary N) is 1. The molecule has 64 heavy (non-hydrogen) atoms. The van der Waals surface area contributed by atoms with E-state index in [-0.39, 0.29) is 12.8 Å². The molecular formula is C52H80NO10P. The standard InChI is InChI=1S/C52H80NO10P/c1-3-5-7-9-11-13-15-17-19-21-23-24-26-28-30-32-34-36-38-40-42-44-51(56)61-45-48(54)46-62-64(59,60)63-47-49(52(57)58)53-50(55)43-41-39-37-35-33-31-29-27-25-22-20-18-16-14-12-10-8-6-4-2/h5,7,11-14,17-20,23-25,27-28,30-31,33-34,36,40,42,48-49,54H,3-4,6,8-10,15-16,21-22,26,29,32,35,37-39,41,43-47H2,1-2H3,(H,53,55)(H,57,58)(H,59,60)/b7-5-,13-11-,14-12-,19-17-,20-18-,24-23-,27-25-,30-28-,33-31-,36-34-,42-40-. The maximum Gasteiger partial charge on any atom is 0.472 e. The number of phosphoric ester groups is 1. The number of hydrogen-bond donors (Lipinski definition) is 4. The molecule has 0 fully saturated rings. The van der Waals surface area contributed by atoms with Crippen LogP contribution in [0.2, 0.25) is 0 Å². The molecule has 0 aliphatic rings. The van der Waals surface area contributed by atoms with Crippen LogP contribution in [0.25, 0.3) is 0 Å². The number of carboxylic acids is 1. The Morgan fingerprint density at radius 1 is 0.531 bits per heavy atom. The fourth-order valence-corrected chi connectivity index (χ4v) is 6.15. The largest absolute Gasteiger partial charge is 0.480 e. The van der Waals surface area contributed by atoms with Gasteiger partial charge in [0, 0.05) is 6.42 Å². The second-order valence-corrected chi connectivity index (χ2v) is 16.3. The normalized spacial score (nSPS) is 14.8. The smallest absolute Gasteiger partial charge is 0.472 e.